The van der Waals surface area contributed by atoms with Gasteiger partial charge >= 0.3 is 5.97 Å². The van der Waals surface area contributed by atoms with Gasteiger partial charge in [-0.2, -0.15) is 5.10 Å². The van der Waals surface area contributed by atoms with E-state index in [2.05, 4.69) is 10.3 Å². The summed E-state index contributed by atoms with van der Waals surface area (Å²) in [6, 6.07) is 8.57. The minimum atomic E-state index is -0.309. The van der Waals surface area contributed by atoms with Gasteiger partial charge in [0.1, 0.15) is 11.5 Å². The summed E-state index contributed by atoms with van der Waals surface area (Å²) in [6.07, 6.45) is 7.62. The molecule has 34 heavy (non-hydrogen) atoms. The van der Waals surface area contributed by atoms with Gasteiger partial charge in [-0.3, -0.25) is 0 Å². The largest absolute Gasteiger partial charge is 0.463 e. The lowest BCUT2D eigenvalue weighted by molar-refractivity contribution is -0.138. The lowest BCUT2D eigenvalue weighted by Crippen LogP contribution is -2.19. The molecule has 7 nitrogen and oxygen atoms in total. The van der Waals surface area contributed by atoms with Crippen molar-refractivity contribution in [3.8, 4) is 22.5 Å². The third kappa shape index (κ3) is 4.20. The van der Waals surface area contributed by atoms with E-state index in [9.17, 15) is 9.18 Å². The number of allylic oxidation sites excluding steroid dienone is 1. The van der Waals surface area contributed by atoms with Crippen LogP contribution in [0.5, 0.6) is 0 Å². The molecule has 3 heterocycles. The van der Waals surface area contributed by atoms with Crippen molar-refractivity contribution in [2.45, 2.75) is 58.4 Å². The van der Waals surface area contributed by atoms with Crippen molar-refractivity contribution in [1.82, 2.24) is 19.7 Å². The minimum Gasteiger partial charge on any atom is -0.463 e. The highest BCUT2D eigenvalue weighted by Crippen LogP contribution is 2.39. The summed E-state index contributed by atoms with van der Waals surface area (Å²) in [7, 11) is 0. The average molecular weight is 462 g/mol. The smallest absolute Gasteiger partial charge is 0.335 e. The van der Waals surface area contributed by atoms with Crippen LogP contribution in [-0.4, -0.2) is 38.4 Å². The highest BCUT2D eigenvalue weighted by atomic mass is 19.1. The maximum absolute atomic E-state index is 13.7. The van der Waals surface area contributed by atoms with Gasteiger partial charge < -0.3 is 10.1 Å². The Bertz CT molecular complexity index is 1240. The molecule has 8 heteroatoms. The zero-order valence-corrected chi connectivity index (χ0v) is 19.5. The van der Waals surface area contributed by atoms with Crippen LogP contribution in [0.3, 0.4) is 0 Å². The first-order valence-electron chi connectivity index (χ1n) is 11.9. The Morgan fingerprint density at radius 1 is 1.18 bits per heavy atom. The molecule has 0 amide bonds. The van der Waals surface area contributed by atoms with Crippen molar-refractivity contribution in [3.63, 3.8) is 0 Å². The minimum absolute atomic E-state index is 0.306. The van der Waals surface area contributed by atoms with Crippen LogP contribution in [-0.2, 0) is 16.0 Å². The maximum Gasteiger partial charge on any atom is 0.335 e. The molecule has 0 bridgehead atoms. The number of carbonyl (C=O) groups excluding carboxylic acids is 1. The highest BCUT2D eigenvalue weighted by molar-refractivity contribution is 5.95. The standard InChI is InChI=1S/C26H28FN5O2/c1-3-34-25(33)20-12-13-22-23(21-14-15-28-26(30-21)29-19-6-4-5-7-19)24(31-32(22)16(20)2)17-8-10-18(27)11-9-17/h8-11,14-15,19H,3-7,12-13H2,1-2H3,(H,28,29,30). The number of esters is 1. The van der Waals surface area contributed by atoms with Crippen molar-refractivity contribution in [2.24, 2.45) is 0 Å². The molecule has 1 aromatic carbocycles. The van der Waals surface area contributed by atoms with Crippen LogP contribution in [0.4, 0.5) is 10.3 Å². The molecular formula is C26H28FN5O2. The van der Waals surface area contributed by atoms with Crippen LogP contribution in [0.1, 0.15) is 51.6 Å². The molecular weight excluding hydrogens is 433 g/mol. The van der Waals surface area contributed by atoms with E-state index in [4.69, 9.17) is 14.8 Å². The Balaban J connectivity index is 1.63. The van der Waals surface area contributed by atoms with Crippen molar-refractivity contribution < 1.29 is 13.9 Å². The second-order valence-electron chi connectivity index (χ2n) is 8.76. The number of fused-ring (bicyclic) bond motifs is 1. The first kappa shape index (κ1) is 22.3. The van der Waals surface area contributed by atoms with Crippen molar-refractivity contribution in [1.29, 1.82) is 0 Å². The lowest BCUT2D eigenvalue weighted by atomic mass is 9.96. The number of halogens is 1. The van der Waals surface area contributed by atoms with Gasteiger partial charge in [0, 0.05) is 23.5 Å². The van der Waals surface area contributed by atoms with Gasteiger partial charge in [0.2, 0.25) is 5.95 Å². The number of hydrogen-bond acceptors (Lipinski definition) is 6. The van der Waals surface area contributed by atoms with Gasteiger partial charge in [0.15, 0.2) is 0 Å². The van der Waals surface area contributed by atoms with Crippen LogP contribution < -0.4 is 5.32 Å². The molecule has 1 aliphatic heterocycles. The summed E-state index contributed by atoms with van der Waals surface area (Å²) < 4.78 is 20.7. The van der Waals surface area contributed by atoms with E-state index in [0.717, 1.165) is 41.1 Å². The third-order valence-corrected chi connectivity index (χ3v) is 6.59. The van der Waals surface area contributed by atoms with E-state index in [1.54, 1.807) is 25.3 Å². The summed E-state index contributed by atoms with van der Waals surface area (Å²) in [5.74, 6) is -0.0131. The third-order valence-electron chi connectivity index (χ3n) is 6.59. The summed E-state index contributed by atoms with van der Waals surface area (Å²) >= 11 is 0. The van der Waals surface area contributed by atoms with E-state index < -0.39 is 0 Å². The number of rotatable bonds is 6. The Kier molecular flexibility index (Phi) is 6.13. The highest BCUT2D eigenvalue weighted by Gasteiger charge is 2.29. The Morgan fingerprint density at radius 3 is 2.68 bits per heavy atom. The van der Waals surface area contributed by atoms with Crippen LogP contribution in [0.2, 0.25) is 0 Å². The SMILES string of the molecule is CCOC(=O)C1=C(C)n2nc(-c3ccc(F)cc3)c(-c3ccnc(NC4CCCC4)n3)c2CC1. The van der Waals surface area contributed by atoms with Crippen molar-refractivity contribution >= 4 is 17.6 Å². The average Bonchev–Trinajstić information content (AvgIpc) is 3.48. The predicted molar refractivity (Wildman–Crippen MR) is 128 cm³/mol. The van der Waals surface area contributed by atoms with Crippen LogP contribution >= 0.6 is 0 Å². The van der Waals surface area contributed by atoms with Crippen molar-refractivity contribution in [2.75, 3.05) is 11.9 Å². The normalized spacial score (nSPS) is 16.0. The molecule has 0 saturated heterocycles. The van der Waals surface area contributed by atoms with Crippen LogP contribution in [0.25, 0.3) is 28.2 Å². The number of nitrogens with one attached hydrogen (secondary N) is 1. The summed E-state index contributed by atoms with van der Waals surface area (Å²) in [6.45, 7) is 4.01. The second kappa shape index (κ2) is 9.37. The van der Waals surface area contributed by atoms with Crippen LogP contribution in [0, 0.1) is 5.82 Å². The molecule has 2 aromatic heterocycles. The van der Waals surface area contributed by atoms with E-state index in [0.29, 0.717) is 42.7 Å². The molecule has 1 N–H and O–H groups in total. The van der Waals surface area contributed by atoms with Gasteiger partial charge in [-0.25, -0.2) is 23.8 Å². The molecule has 0 radical (unpaired) electrons. The quantitative estimate of drug-likeness (QED) is 0.506. The first-order valence-corrected chi connectivity index (χ1v) is 11.9. The zero-order chi connectivity index (χ0) is 23.7. The fourth-order valence-corrected chi connectivity index (χ4v) is 4.88. The fourth-order valence-electron chi connectivity index (χ4n) is 4.88. The number of benzene rings is 1. The molecule has 2 aliphatic rings. The Hall–Kier alpha value is -3.55. The Labute approximate surface area is 198 Å². The molecule has 5 rings (SSSR count). The summed E-state index contributed by atoms with van der Waals surface area (Å²) in [5.41, 5.74) is 5.45. The number of hydrogen-bond donors (Lipinski definition) is 1. The van der Waals surface area contributed by atoms with Gasteiger partial charge in [-0.15, -0.1) is 0 Å². The van der Waals surface area contributed by atoms with Crippen molar-refractivity contribution in [3.05, 3.63) is 53.6 Å². The number of nitrogens with zero attached hydrogens (tertiary/aromatic N) is 4. The summed E-state index contributed by atoms with van der Waals surface area (Å²) in [4.78, 5) is 21.8. The molecule has 0 atom stereocenters. The van der Waals surface area contributed by atoms with E-state index in [1.807, 2.05) is 17.7 Å². The molecule has 0 spiro atoms. The number of anilines is 1. The molecule has 1 aliphatic carbocycles. The van der Waals surface area contributed by atoms with Gasteiger partial charge in [-0.05, 0) is 69.9 Å². The zero-order valence-electron chi connectivity index (χ0n) is 19.5. The molecule has 0 unspecified atom stereocenters. The number of carbonyl (C=O) groups is 1. The first-order chi connectivity index (χ1) is 16.5. The topological polar surface area (TPSA) is 81.9 Å². The predicted octanol–water partition coefficient (Wildman–Crippen LogP) is 5.24. The van der Waals surface area contributed by atoms with E-state index >= 15 is 0 Å². The molecule has 1 fully saturated rings. The number of aromatic nitrogens is 4. The van der Waals surface area contributed by atoms with E-state index in [1.165, 1.54) is 25.0 Å². The van der Waals surface area contributed by atoms with Gasteiger partial charge in [0.25, 0.3) is 0 Å². The second-order valence-corrected chi connectivity index (χ2v) is 8.76. The van der Waals surface area contributed by atoms with Gasteiger partial charge in [-0.1, -0.05) is 12.8 Å². The molecule has 1 saturated carbocycles. The summed E-state index contributed by atoms with van der Waals surface area (Å²) in [5, 5.41) is 8.35. The van der Waals surface area contributed by atoms with Crippen LogP contribution in [0.15, 0.2) is 42.1 Å². The fraction of sp³-hybridized carbons (Fsp3) is 0.385. The molecule has 176 valence electrons. The van der Waals surface area contributed by atoms with Gasteiger partial charge in [0.05, 0.1) is 29.1 Å². The Morgan fingerprint density at radius 2 is 1.94 bits per heavy atom. The van der Waals surface area contributed by atoms with E-state index in [-0.39, 0.29) is 11.8 Å². The monoisotopic (exact) mass is 461 g/mol. The number of ether oxygens (including phenoxy) is 1. The maximum atomic E-state index is 13.7. The lowest BCUT2D eigenvalue weighted by Gasteiger charge is -2.19. The molecule has 3 aromatic rings.